The highest BCUT2D eigenvalue weighted by molar-refractivity contribution is 5.59. The molecule has 6 heteroatoms. The summed E-state index contributed by atoms with van der Waals surface area (Å²) in [4.78, 5) is 4.80. The standard InChI is InChI=1S/C20H28F2N4/c1-13-15(11-12-16(23-13)14-9-7-6-8-10-14)17-24-25-18(20(5,21)22)26(17)19(2,3)4/h11-12,14H,6-10H2,1-5H3. The number of pyridine rings is 1. The van der Waals surface area contributed by atoms with Gasteiger partial charge in [-0.25, -0.2) is 0 Å². The molecule has 0 radical (unpaired) electrons. The molecule has 0 saturated heterocycles. The molecule has 4 nitrogen and oxygen atoms in total. The van der Waals surface area contributed by atoms with Gasteiger partial charge in [-0.2, -0.15) is 8.78 Å². The van der Waals surface area contributed by atoms with E-state index in [0.29, 0.717) is 11.7 Å². The van der Waals surface area contributed by atoms with Crippen molar-refractivity contribution in [3.05, 3.63) is 29.3 Å². The Labute approximate surface area is 154 Å². The van der Waals surface area contributed by atoms with Crippen LogP contribution in [0.1, 0.15) is 82.9 Å². The van der Waals surface area contributed by atoms with E-state index in [1.54, 1.807) is 0 Å². The van der Waals surface area contributed by atoms with Gasteiger partial charge in [0.1, 0.15) is 0 Å². The third kappa shape index (κ3) is 3.64. The molecular weight excluding hydrogens is 334 g/mol. The van der Waals surface area contributed by atoms with E-state index in [9.17, 15) is 8.78 Å². The van der Waals surface area contributed by atoms with Crippen molar-refractivity contribution in [2.24, 2.45) is 0 Å². The van der Waals surface area contributed by atoms with Gasteiger partial charge in [-0.1, -0.05) is 19.3 Å². The summed E-state index contributed by atoms with van der Waals surface area (Å²) in [7, 11) is 0. The summed E-state index contributed by atoms with van der Waals surface area (Å²) in [6.45, 7) is 8.43. The summed E-state index contributed by atoms with van der Waals surface area (Å²) in [5.74, 6) is -2.40. The molecule has 1 aliphatic carbocycles. The fraction of sp³-hybridized carbons (Fsp3) is 0.650. The van der Waals surface area contributed by atoms with E-state index in [2.05, 4.69) is 10.2 Å². The van der Waals surface area contributed by atoms with Crippen LogP contribution in [0.15, 0.2) is 12.1 Å². The smallest absolute Gasteiger partial charge is 0.300 e. The van der Waals surface area contributed by atoms with Crippen molar-refractivity contribution in [3.8, 4) is 11.4 Å². The molecule has 2 heterocycles. The molecule has 0 aromatic carbocycles. The number of hydrogen-bond donors (Lipinski definition) is 0. The van der Waals surface area contributed by atoms with E-state index in [-0.39, 0.29) is 5.82 Å². The second kappa shape index (κ2) is 6.71. The van der Waals surface area contributed by atoms with Crippen molar-refractivity contribution in [2.45, 2.75) is 84.1 Å². The Kier molecular flexibility index (Phi) is 4.88. The van der Waals surface area contributed by atoms with Crippen LogP contribution in [-0.4, -0.2) is 19.7 Å². The van der Waals surface area contributed by atoms with Crippen molar-refractivity contribution < 1.29 is 8.78 Å². The third-order valence-electron chi connectivity index (χ3n) is 5.10. The average molecular weight is 362 g/mol. The number of aryl methyl sites for hydroxylation is 1. The molecule has 142 valence electrons. The number of aromatic nitrogens is 4. The molecule has 0 unspecified atom stereocenters. The van der Waals surface area contributed by atoms with Gasteiger partial charge in [0.25, 0.3) is 0 Å². The maximum absolute atomic E-state index is 14.0. The highest BCUT2D eigenvalue weighted by atomic mass is 19.3. The highest BCUT2D eigenvalue weighted by Gasteiger charge is 2.37. The van der Waals surface area contributed by atoms with Gasteiger partial charge in [-0.05, 0) is 52.7 Å². The van der Waals surface area contributed by atoms with E-state index in [0.717, 1.165) is 23.9 Å². The molecule has 2 aromatic heterocycles. The van der Waals surface area contributed by atoms with Gasteiger partial charge in [0.05, 0.1) is 0 Å². The zero-order chi connectivity index (χ0) is 19.1. The molecule has 1 fully saturated rings. The first kappa shape index (κ1) is 18.9. The second-order valence-corrected chi connectivity index (χ2v) is 8.45. The number of hydrogen-bond acceptors (Lipinski definition) is 3. The van der Waals surface area contributed by atoms with Crippen LogP contribution in [0.3, 0.4) is 0 Å². The third-order valence-corrected chi connectivity index (χ3v) is 5.10. The summed E-state index contributed by atoms with van der Waals surface area (Å²) >= 11 is 0. The van der Waals surface area contributed by atoms with Crippen LogP contribution in [0, 0.1) is 6.92 Å². The lowest BCUT2D eigenvalue weighted by Gasteiger charge is -2.27. The first-order chi connectivity index (χ1) is 12.1. The lowest BCUT2D eigenvalue weighted by Crippen LogP contribution is -2.29. The average Bonchev–Trinajstić information content (AvgIpc) is 3.01. The molecule has 1 saturated carbocycles. The molecule has 26 heavy (non-hydrogen) atoms. The fourth-order valence-electron chi connectivity index (χ4n) is 3.82. The van der Waals surface area contributed by atoms with E-state index in [1.165, 1.54) is 36.7 Å². The minimum Gasteiger partial charge on any atom is -0.300 e. The van der Waals surface area contributed by atoms with Crippen LogP contribution in [0.25, 0.3) is 11.4 Å². The molecule has 0 atom stereocenters. The zero-order valence-corrected chi connectivity index (χ0v) is 16.3. The molecule has 3 rings (SSSR count). The topological polar surface area (TPSA) is 43.6 Å². The Bertz CT molecular complexity index is 778. The molecule has 0 amide bonds. The quantitative estimate of drug-likeness (QED) is 0.717. The maximum Gasteiger partial charge on any atom is 0.304 e. The predicted octanol–water partition coefficient (Wildman–Crippen LogP) is 5.56. The predicted molar refractivity (Wildman–Crippen MR) is 98.4 cm³/mol. The Morgan fingerprint density at radius 2 is 1.65 bits per heavy atom. The van der Waals surface area contributed by atoms with Gasteiger partial charge >= 0.3 is 5.92 Å². The van der Waals surface area contributed by atoms with Crippen molar-refractivity contribution in [2.75, 3.05) is 0 Å². The Balaban J connectivity index is 2.05. The molecule has 0 bridgehead atoms. The van der Waals surface area contributed by atoms with Gasteiger partial charge in [-0.3, -0.25) is 4.98 Å². The van der Waals surface area contributed by atoms with Crippen LogP contribution in [0.2, 0.25) is 0 Å². The molecule has 0 spiro atoms. The summed E-state index contributed by atoms with van der Waals surface area (Å²) in [6, 6.07) is 4.00. The van der Waals surface area contributed by atoms with Gasteiger partial charge < -0.3 is 4.57 Å². The summed E-state index contributed by atoms with van der Waals surface area (Å²) in [5, 5.41) is 7.93. The van der Waals surface area contributed by atoms with Gasteiger partial charge in [-0.15, -0.1) is 10.2 Å². The van der Waals surface area contributed by atoms with E-state index < -0.39 is 11.5 Å². The monoisotopic (exact) mass is 362 g/mol. The first-order valence-corrected chi connectivity index (χ1v) is 9.41. The summed E-state index contributed by atoms with van der Waals surface area (Å²) in [6.07, 6.45) is 6.16. The molecular formula is C20H28F2N4. The Morgan fingerprint density at radius 3 is 2.19 bits per heavy atom. The van der Waals surface area contributed by atoms with Crippen LogP contribution in [-0.2, 0) is 11.5 Å². The fourth-order valence-corrected chi connectivity index (χ4v) is 3.82. The van der Waals surface area contributed by atoms with Gasteiger partial charge in [0, 0.05) is 35.3 Å². The van der Waals surface area contributed by atoms with Gasteiger partial charge in [0.2, 0.25) is 5.82 Å². The summed E-state index contributed by atoms with van der Waals surface area (Å²) in [5.41, 5.74) is 2.12. The number of halogens is 2. The lowest BCUT2D eigenvalue weighted by atomic mass is 9.86. The van der Waals surface area contributed by atoms with Crippen LogP contribution >= 0.6 is 0 Å². The summed E-state index contributed by atoms with van der Waals surface area (Å²) < 4.78 is 29.6. The minimum atomic E-state index is -3.05. The minimum absolute atomic E-state index is 0.309. The first-order valence-electron chi connectivity index (χ1n) is 9.41. The number of rotatable bonds is 3. The maximum atomic E-state index is 14.0. The van der Waals surface area contributed by atoms with Crippen molar-refractivity contribution in [3.63, 3.8) is 0 Å². The van der Waals surface area contributed by atoms with Crippen LogP contribution in [0.4, 0.5) is 8.78 Å². The van der Waals surface area contributed by atoms with Gasteiger partial charge in [0.15, 0.2) is 5.82 Å². The molecule has 0 N–H and O–H groups in total. The Hall–Kier alpha value is -1.85. The molecule has 0 aliphatic heterocycles. The molecule has 2 aromatic rings. The van der Waals surface area contributed by atoms with Crippen LogP contribution < -0.4 is 0 Å². The number of alkyl halides is 2. The second-order valence-electron chi connectivity index (χ2n) is 8.45. The normalized spacial score (nSPS) is 16.9. The SMILES string of the molecule is Cc1nc(C2CCCCC2)ccc1-c1nnc(C(C)(F)F)n1C(C)(C)C. The lowest BCUT2D eigenvalue weighted by molar-refractivity contribution is 0.000300. The zero-order valence-electron chi connectivity index (χ0n) is 16.3. The largest absolute Gasteiger partial charge is 0.304 e. The number of nitrogens with zero attached hydrogens (tertiary/aromatic N) is 4. The van der Waals surface area contributed by atoms with Crippen molar-refractivity contribution in [1.29, 1.82) is 0 Å². The van der Waals surface area contributed by atoms with E-state index in [1.807, 2.05) is 39.8 Å². The van der Waals surface area contributed by atoms with E-state index >= 15 is 0 Å². The van der Waals surface area contributed by atoms with Crippen molar-refractivity contribution in [1.82, 2.24) is 19.7 Å². The Morgan fingerprint density at radius 1 is 1.00 bits per heavy atom. The molecule has 1 aliphatic rings. The van der Waals surface area contributed by atoms with E-state index in [4.69, 9.17) is 4.98 Å². The van der Waals surface area contributed by atoms with Crippen molar-refractivity contribution >= 4 is 0 Å². The van der Waals surface area contributed by atoms with Crippen LogP contribution in [0.5, 0.6) is 0 Å². The highest BCUT2D eigenvalue weighted by Crippen LogP contribution is 2.36.